The SMILES string of the molecule is CC(=CCC/C(C)=C/CC#N)CBr. The van der Waals surface area contributed by atoms with E-state index >= 15 is 0 Å². The highest BCUT2D eigenvalue weighted by molar-refractivity contribution is 9.09. The van der Waals surface area contributed by atoms with Crippen LogP contribution >= 0.6 is 15.9 Å². The smallest absolute Gasteiger partial charge is 0.0663 e. The first kappa shape index (κ1) is 12.4. The van der Waals surface area contributed by atoms with E-state index in [1.807, 2.05) is 6.08 Å². The molecule has 0 aromatic carbocycles. The highest BCUT2D eigenvalue weighted by atomic mass is 79.9. The van der Waals surface area contributed by atoms with Crippen molar-refractivity contribution >= 4 is 15.9 Å². The number of allylic oxidation sites excluding steroid dienone is 4. The average Bonchev–Trinajstić information content (AvgIpc) is 2.14. The van der Waals surface area contributed by atoms with Gasteiger partial charge in [0.15, 0.2) is 0 Å². The summed E-state index contributed by atoms with van der Waals surface area (Å²) in [7, 11) is 0. The van der Waals surface area contributed by atoms with Crippen LogP contribution in [0.2, 0.25) is 0 Å². The first-order valence-corrected chi connectivity index (χ1v) is 5.57. The van der Waals surface area contributed by atoms with E-state index in [4.69, 9.17) is 5.26 Å². The van der Waals surface area contributed by atoms with Crippen molar-refractivity contribution in [3.63, 3.8) is 0 Å². The summed E-state index contributed by atoms with van der Waals surface area (Å²) in [6.45, 7) is 4.19. The van der Waals surface area contributed by atoms with Crippen LogP contribution in [-0.4, -0.2) is 5.33 Å². The summed E-state index contributed by atoms with van der Waals surface area (Å²) in [5, 5.41) is 9.31. The van der Waals surface area contributed by atoms with Gasteiger partial charge < -0.3 is 0 Å². The van der Waals surface area contributed by atoms with Crippen molar-refractivity contribution in [3.05, 3.63) is 23.3 Å². The highest BCUT2D eigenvalue weighted by Gasteiger charge is 1.89. The van der Waals surface area contributed by atoms with Crippen molar-refractivity contribution in [2.24, 2.45) is 0 Å². The first-order valence-electron chi connectivity index (χ1n) is 4.45. The van der Waals surface area contributed by atoms with Gasteiger partial charge in [-0.15, -0.1) is 0 Å². The molecule has 0 aliphatic carbocycles. The topological polar surface area (TPSA) is 23.8 Å². The quantitative estimate of drug-likeness (QED) is 0.528. The predicted molar refractivity (Wildman–Crippen MR) is 60.8 cm³/mol. The van der Waals surface area contributed by atoms with Crippen LogP contribution in [0, 0.1) is 11.3 Å². The molecule has 1 nitrogen and oxygen atoms in total. The lowest BCUT2D eigenvalue weighted by Gasteiger charge is -1.97. The van der Waals surface area contributed by atoms with Gasteiger partial charge in [0, 0.05) is 5.33 Å². The van der Waals surface area contributed by atoms with Crippen LogP contribution in [0.3, 0.4) is 0 Å². The van der Waals surface area contributed by atoms with Gasteiger partial charge in [-0.1, -0.05) is 39.2 Å². The number of hydrogen-bond acceptors (Lipinski definition) is 1. The Hall–Kier alpha value is -0.550. The minimum Gasteiger partial charge on any atom is -0.198 e. The van der Waals surface area contributed by atoms with Gasteiger partial charge in [-0.2, -0.15) is 5.26 Å². The van der Waals surface area contributed by atoms with Gasteiger partial charge in [-0.05, 0) is 26.7 Å². The molecule has 0 amide bonds. The molecule has 0 aromatic rings. The van der Waals surface area contributed by atoms with Gasteiger partial charge in [-0.25, -0.2) is 0 Å². The molecule has 0 fully saturated rings. The van der Waals surface area contributed by atoms with Crippen LogP contribution in [0.25, 0.3) is 0 Å². The number of nitrogens with zero attached hydrogens (tertiary/aromatic N) is 1. The van der Waals surface area contributed by atoms with E-state index in [-0.39, 0.29) is 0 Å². The second kappa shape index (κ2) is 8.07. The van der Waals surface area contributed by atoms with Crippen molar-refractivity contribution in [2.75, 3.05) is 5.33 Å². The second-order valence-electron chi connectivity index (χ2n) is 3.14. The van der Waals surface area contributed by atoms with Crippen LogP contribution < -0.4 is 0 Å². The van der Waals surface area contributed by atoms with Gasteiger partial charge >= 0.3 is 0 Å². The largest absolute Gasteiger partial charge is 0.198 e. The average molecular weight is 242 g/mol. The Kier molecular flexibility index (Phi) is 7.73. The first-order chi connectivity index (χ1) is 6.20. The second-order valence-corrected chi connectivity index (χ2v) is 3.70. The summed E-state index contributed by atoms with van der Waals surface area (Å²) in [5.74, 6) is 0. The summed E-state index contributed by atoms with van der Waals surface area (Å²) in [4.78, 5) is 0. The molecule has 2 heteroatoms. The third-order valence-electron chi connectivity index (χ3n) is 1.78. The Morgan fingerprint density at radius 3 is 2.54 bits per heavy atom. The fourth-order valence-electron chi connectivity index (χ4n) is 0.923. The van der Waals surface area contributed by atoms with Crippen molar-refractivity contribution in [1.29, 1.82) is 5.26 Å². The molecule has 72 valence electrons. The Balaban J connectivity index is 3.71. The van der Waals surface area contributed by atoms with Crippen LogP contribution in [-0.2, 0) is 0 Å². The highest BCUT2D eigenvalue weighted by Crippen LogP contribution is 2.08. The molecule has 0 spiro atoms. The zero-order valence-electron chi connectivity index (χ0n) is 8.31. The van der Waals surface area contributed by atoms with Crippen molar-refractivity contribution in [1.82, 2.24) is 0 Å². The van der Waals surface area contributed by atoms with Gasteiger partial charge in [0.1, 0.15) is 0 Å². The fourth-order valence-corrected chi connectivity index (χ4v) is 1.15. The van der Waals surface area contributed by atoms with Crippen molar-refractivity contribution < 1.29 is 0 Å². The molecule has 0 N–H and O–H groups in total. The standard InChI is InChI=1S/C11H16BrN/c1-10(7-4-8-13)5-3-6-11(2)9-12/h6-7H,3-5,9H2,1-2H3/b10-7+,11-6?. The number of rotatable bonds is 5. The van der Waals surface area contributed by atoms with Crippen LogP contribution in [0.5, 0.6) is 0 Å². The zero-order valence-corrected chi connectivity index (χ0v) is 9.89. The maximum Gasteiger partial charge on any atom is 0.0663 e. The summed E-state index contributed by atoms with van der Waals surface area (Å²) in [5.41, 5.74) is 2.67. The van der Waals surface area contributed by atoms with E-state index in [2.05, 4.69) is 41.9 Å². The lowest BCUT2D eigenvalue weighted by Crippen LogP contribution is -1.79. The van der Waals surface area contributed by atoms with E-state index in [0.717, 1.165) is 18.2 Å². The zero-order chi connectivity index (χ0) is 10.1. The lowest BCUT2D eigenvalue weighted by molar-refractivity contribution is 0.960. The monoisotopic (exact) mass is 241 g/mol. The minimum absolute atomic E-state index is 0.535. The molecule has 0 atom stereocenters. The van der Waals surface area contributed by atoms with E-state index in [0.29, 0.717) is 6.42 Å². The van der Waals surface area contributed by atoms with Crippen LogP contribution in [0.15, 0.2) is 23.3 Å². The number of nitriles is 1. The van der Waals surface area contributed by atoms with Gasteiger partial charge in [0.2, 0.25) is 0 Å². The predicted octanol–water partition coefficient (Wildman–Crippen LogP) is 3.97. The molecule has 0 heterocycles. The number of hydrogen-bond donors (Lipinski definition) is 0. The maximum atomic E-state index is 8.35. The maximum absolute atomic E-state index is 8.35. The van der Waals surface area contributed by atoms with Crippen molar-refractivity contribution in [3.8, 4) is 6.07 Å². The van der Waals surface area contributed by atoms with Gasteiger partial charge in [-0.3, -0.25) is 0 Å². The normalized spacial score (nSPS) is 12.8. The van der Waals surface area contributed by atoms with Gasteiger partial charge in [0.05, 0.1) is 12.5 Å². The summed E-state index contributed by atoms with van der Waals surface area (Å²) in [6, 6.07) is 2.11. The van der Waals surface area contributed by atoms with E-state index in [1.54, 1.807) is 0 Å². The molecule has 13 heavy (non-hydrogen) atoms. The fraction of sp³-hybridized carbons (Fsp3) is 0.545. The lowest BCUT2D eigenvalue weighted by atomic mass is 10.1. The van der Waals surface area contributed by atoms with E-state index < -0.39 is 0 Å². The molecular weight excluding hydrogens is 226 g/mol. The Morgan fingerprint density at radius 1 is 1.31 bits per heavy atom. The van der Waals surface area contributed by atoms with Crippen LogP contribution in [0.1, 0.15) is 33.1 Å². The Labute approximate surface area is 89.3 Å². The Bertz CT molecular complexity index is 233. The molecule has 0 aromatic heterocycles. The summed E-state index contributed by atoms with van der Waals surface area (Å²) < 4.78 is 0. The van der Waals surface area contributed by atoms with E-state index in [9.17, 15) is 0 Å². The third-order valence-corrected chi connectivity index (χ3v) is 2.67. The minimum atomic E-state index is 0.535. The van der Waals surface area contributed by atoms with E-state index in [1.165, 1.54) is 11.1 Å². The summed E-state index contributed by atoms with van der Waals surface area (Å²) >= 11 is 3.40. The molecule has 0 unspecified atom stereocenters. The number of halogens is 1. The van der Waals surface area contributed by atoms with Crippen molar-refractivity contribution in [2.45, 2.75) is 33.1 Å². The molecule has 0 rings (SSSR count). The molecule has 0 aliphatic rings. The molecule has 0 radical (unpaired) electrons. The summed E-state index contributed by atoms with van der Waals surface area (Å²) in [6.07, 6.45) is 6.90. The Morgan fingerprint density at radius 2 is 2.00 bits per heavy atom. The molecule has 0 saturated heterocycles. The number of alkyl halides is 1. The molecule has 0 bridgehead atoms. The third kappa shape index (κ3) is 7.80. The molecule has 0 saturated carbocycles. The molecular formula is C11H16BrN. The molecule has 0 aliphatic heterocycles. The van der Waals surface area contributed by atoms with Crippen LogP contribution in [0.4, 0.5) is 0 Å². The van der Waals surface area contributed by atoms with Gasteiger partial charge in [0.25, 0.3) is 0 Å².